The van der Waals surface area contributed by atoms with Crippen LogP contribution in [0.15, 0.2) is 72.6 Å². The van der Waals surface area contributed by atoms with Gasteiger partial charge >= 0.3 is 0 Å². The van der Waals surface area contributed by atoms with Crippen molar-refractivity contribution in [3.05, 3.63) is 84.5 Å². The third kappa shape index (κ3) is 4.93. The molecule has 3 heterocycles. The first-order valence-electron chi connectivity index (χ1n) is 10.4. The lowest BCUT2D eigenvalue weighted by atomic mass is 10.1. The minimum absolute atomic E-state index is 0.500. The number of aryl methyl sites for hydroxylation is 1. The molecule has 0 aliphatic carbocycles. The summed E-state index contributed by atoms with van der Waals surface area (Å²) in [5.74, 6) is 1.22. The Balaban J connectivity index is 1.53. The number of nitrogens with one attached hydrogen (secondary N) is 1. The van der Waals surface area contributed by atoms with Crippen LogP contribution in [0.3, 0.4) is 0 Å². The number of anilines is 1. The standard InChI is InChI=1S/C26H24N6O/c1-5-19-14-20(6-7-22(19)27-3)23-9-11-29-26(32-23)31-16-18-13-24(33-4)25(30-15-18)21-8-10-28-17(2)12-21/h5-15H,1,3,16H2,2,4H3,(H,29,31,32). The summed E-state index contributed by atoms with van der Waals surface area (Å²) in [6.07, 6.45) is 7.07. The Labute approximate surface area is 193 Å². The summed E-state index contributed by atoms with van der Waals surface area (Å²) < 4.78 is 5.59. The van der Waals surface area contributed by atoms with Gasteiger partial charge in [-0.3, -0.25) is 15.0 Å². The van der Waals surface area contributed by atoms with E-state index in [9.17, 15) is 0 Å². The van der Waals surface area contributed by atoms with Crippen molar-refractivity contribution in [3.63, 3.8) is 0 Å². The van der Waals surface area contributed by atoms with E-state index in [-0.39, 0.29) is 0 Å². The summed E-state index contributed by atoms with van der Waals surface area (Å²) in [4.78, 5) is 21.9. The Morgan fingerprint density at radius 2 is 1.88 bits per heavy atom. The Morgan fingerprint density at radius 1 is 1.03 bits per heavy atom. The van der Waals surface area contributed by atoms with E-state index in [1.165, 1.54) is 0 Å². The molecule has 164 valence electrons. The Kier molecular flexibility index (Phi) is 6.50. The molecule has 7 nitrogen and oxygen atoms in total. The van der Waals surface area contributed by atoms with Crippen LogP contribution >= 0.6 is 0 Å². The lowest BCUT2D eigenvalue weighted by Gasteiger charge is -2.11. The second-order valence-corrected chi connectivity index (χ2v) is 7.34. The number of aromatic nitrogens is 4. The van der Waals surface area contributed by atoms with Gasteiger partial charge in [0.05, 0.1) is 18.5 Å². The van der Waals surface area contributed by atoms with Crippen molar-refractivity contribution in [2.45, 2.75) is 13.5 Å². The molecule has 3 aromatic heterocycles. The minimum atomic E-state index is 0.500. The zero-order chi connectivity index (χ0) is 23.2. The molecule has 0 amide bonds. The van der Waals surface area contributed by atoms with Crippen LogP contribution in [0.1, 0.15) is 16.8 Å². The van der Waals surface area contributed by atoms with Gasteiger partial charge in [0.25, 0.3) is 0 Å². The fourth-order valence-electron chi connectivity index (χ4n) is 3.45. The van der Waals surface area contributed by atoms with Crippen molar-refractivity contribution in [3.8, 4) is 28.3 Å². The van der Waals surface area contributed by atoms with E-state index in [1.807, 2.05) is 55.6 Å². The number of benzene rings is 1. The summed E-state index contributed by atoms with van der Waals surface area (Å²) in [6.45, 7) is 9.89. The molecule has 0 saturated carbocycles. The minimum Gasteiger partial charge on any atom is -0.494 e. The topological polar surface area (TPSA) is 85.2 Å². The molecule has 4 rings (SSSR count). The summed E-state index contributed by atoms with van der Waals surface area (Å²) in [5, 5.41) is 3.27. The van der Waals surface area contributed by atoms with Crippen LogP contribution in [0.2, 0.25) is 0 Å². The molecule has 1 aromatic carbocycles. The van der Waals surface area contributed by atoms with Crippen LogP contribution in [0.5, 0.6) is 5.75 Å². The highest BCUT2D eigenvalue weighted by Crippen LogP contribution is 2.29. The zero-order valence-corrected chi connectivity index (χ0v) is 18.6. The molecule has 0 unspecified atom stereocenters. The maximum absolute atomic E-state index is 5.59. The van der Waals surface area contributed by atoms with Crippen LogP contribution in [0, 0.1) is 6.92 Å². The SMILES string of the molecule is C=Cc1cc(-c2ccnc(NCc3cnc(-c4ccnc(C)c4)c(OC)c3)n2)ccc1N=C. The van der Waals surface area contributed by atoms with Crippen molar-refractivity contribution >= 4 is 24.4 Å². The van der Waals surface area contributed by atoms with Crippen molar-refractivity contribution in [2.75, 3.05) is 12.4 Å². The van der Waals surface area contributed by atoms with Gasteiger partial charge in [0, 0.05) is 47.5 Å². The van der Waals surface area contributed by atoms with Gasteiger partial charge in [-0.15, -0.1) is 0 Å². The molecule has 4 aromatic rings. The molecule has 0 atom stereocenters. The highest BCUT2D eigenvalue weighted by atomic mass is 16.5. The van der Waals surface area contributed by atoms with Crippen molar-refractivity contribution in [1.29, 1.82) is 0 Å². The first-order valence-corrected chi connectivity index (χ1v) is 10.4. The van der Waals surface area contributed by atoms with Gasteiger partial charge < -0.3 is 10.1 Å². The molecular weight excluding hydrogens is 412 g/mol. The first kappa shape index (κ1) is 21.8. The smallest absolute Gasteiger partial charge is 0.223 e. The molecule has 0 aliphatic heterocycles. The van der Waals surface area contributed by atoms with Crippen LogP contribution in [-0.2, 0) is 6.54 Å². The molecule has 7 heteroatoms. The molecule has 0 aliphatic rings. The van der Waals surface area contributed by atoms with Gasteiger partial charge in [-0.05, 0) is 55.6 Å². The van der Waals surface area contributed by atoms with Gasteiger partial charge in [0.2, 0.25) is 5.95 Å². The summed E-state index contributed by atoms with van der Waals surface area (Å²) in [7, 11) is 1.64. The molecular formula is C26H24N6O. The van der Waals surface area contributed by atoms with Gasteiger partial charge in [-0.1, -0.05) is 18.7 Å². The monoisotopic (exact) mass is 436 g/mol. The molecule has 0 spiro atoms. The van der Waals surface area contributed by atoms with E-state index in [0.29, 0.717) is 18.2 Å². The highest BCUT2D eigenvalue weighted by Gasteiger charge is 2.10. The zero-order valence-electron chi connectivity index (χ0n) is 18.6. The van der Waals surface area contributed by atoms with E-state index in [4.69, 9.17) is 4.74 Å². The normalized spacial score (nSPS) is 10.5. The number of methoxy groups -OCH3 is 1. The second-order valence-electron chi connectivity index (χ2n) is 7.34. The number of nitrogens with zero attached hydrogens (tertiary/aromatic N) is 5. The summed E-state index contributed by atoms with van der Waals surface area (Å²) in [6, 6.07) is 13.6. The fourth-order valence-corrected chi connectivity index (χ4v) is 3.45. The van der Waals surface area contributed by atoms with Crippen LogP contribution in [0.4, 0.5) is 11.6 Å². The second kappa shape index (κ2) is 9.82. The molecule has 33 heavy (non-hydrogen) atoms. The van der Waals surface area contributed by atoms with E-state index in [2.05, 4.69) is 43.5 Å². The predicted molar refractivity (Wildman–Crippen MR) is 133 cm³/mol. The molecule has 0 saturated heterocycles. The highest BCUT2D eigenvalue weighted by molar-refractivity contribution is 5.73. The predicted octanol–water partition coefficient (Wildman–Crippen LogP) is 5.50. The van der Waals surface area contributed by atoms with Crippen LogP contribution < -0.4 is 10.1 Å². The molecule has 0 fully saturated rings. The average Bonchev–Trinajstić information content (AvgIpc) is 2.87. The summed E-state index contributed by atoms with van der Waals surface area (Å²) >= 11 is 0. The largest absolute Gasteiger partial charge is 0.494 e. The number of aliphatic imine (C=N–C) groups is 1. The number of hydrogen-bond acceptors (Lipinski definition) is 7. The lowest BCUT2D eigenvalue weighted by Crippen LogP contribution is -2.05. The van der Waals surface area contributed by atoms with Crippen molar-refractivity contribution in [1.82, 2.24) is 19.9 Å². The first-order chi connectivity index (χ1) is 16.1. The quantitative estimate of drug-likeness (QED) is 0.367. The Bertz CT molecular complexity index is 1320. The maximum Gasteiger partial charge on any atom is 0.223 e. The number of rotatable bonds is 8. The molecule has 0 radical (unpaired) electrons. The number of pyridine rings is 2. The lowest BCUT2D eigenvalue weighted by molar-refractivity contribution is 0.414. The van der Waals surface area contributed by atoms with Gasteiger partial charge in [-0.2, -0.15) is 0 Å². The maximum atomic E-state index is 5.59. The molecule has 0 bridgehead atoms. The molecule has 1 N–H and O–H groups in total. The van der Waals surface area contributed by atoms with Crippen LogP contribution in [0.25, 0.3) is 28.6 Å². The van der Waals surface area contributed by atoms with Gasteiger partial charge in [0.15, 0.2) is 0 Å². The Hall–Kier alpha value is -4.39. The summed E-state index contributed by atoms with van der Waals surface area (Å²) in [5.41, 5.74) is 7.05. The van der Waals surface area contributed by atoms with E-state index in [1.54, 1.807) is 25.6 Å². The Morgan fingerprint density at radius 3 is 2.64 bits per heavy atom. The number of ether oxygens (including phenoxy) is 1. The van der Waals surface area contributed by atoms with Crippen LogP contribution in [-0.4, -0.2) is 33.8 Å². The number of hydrogen-bond donors (Lipinski definition) is 1. The third-order valence-electron chi connectivity index (χ3n) is 5.12. The average molecular weight is 437 g/mol. The van der Waals surface area contributed by atoms with E-state index >= 15 is 0 Å². The van der Waals surface area contributed by atoms with Gasteiger partial charge in [-0.25, -0.2) is 9.97 Å². The fraction of sp³-hybridized carbons (Fsp3) is 0.115. The van der Waals surface area contributed by atoms with Crippen molar-refractivity contribution in [2.24, 2.45) is 4.99 Å². The van der Waals surface area contributed by atoms with E-state index < -0.39 is 0 Å². The third-order valence-corrected chi connectivity index (χ3v) is 5.12. The van der Waals surface area contributed by atoms with E-state index in [0.717, 1.165) is 45.0 Å². The van der Waals surface area contributed by atoms with Gasteiger partial charge in [0.1, 0.15) is 11.4 Å². The van der Waals surface area contributed by atoms with Crippen molar-refractivity contribution < 1.29 is 4.74 Å².